The van der Waals surface area contributed by atoms with E-state index in [2.05, 4.69) is 17.4 Å². The van der Waals surface area contributed by atoms with Gasteiger partial charge in [0.1, 0.15) is 5.69 Å². The van der Waals surface area contributed by atoms with E-state index in [-0.39, 0.29) is 5.97 Å². The van der Waals surface area contributed by atoms with Gasteiger partial charge < -0.3 is 9.30 Å². The van der Waals surface area contributed by atoms with Crippen LogP contribution in [0.3, 0.4) is 0 Å². The fraction of sp³-hybridized carbons (Fsp3) is 0.375. The lowest BCUT2D eigenvalue weighted by molar-refractivity contribution is 0.0589. The van der Waals surface area contributed by atoms with Gasteiger partial charge in [-0.3, -0.25) is 0 Å². The van der Waals surface area contributed by atoms with E-state index >= 15 is 0 Å². The maximum atomic E-state index is 11.1. The summed E-state index contributed by atoms with van der Waals surface area (Å²) in [6.45, 7) is 0. The molecular weight excluding hydrogens is 174 g/mol. The second kappa shape index (κ2) is 3.67. The summed E-state index contributed by atoms with van der Waals surface area (Å²) in [5, 5.41) is 0. The van der Waals surface area contributed by atoms with Crippen molar-refractivity contribution in [1.29, 1.82) is 0 Å². The summed E-state index contributed by atoms with van der Waals surface area (Å²) in [6, 6.07) is 3.59. The third kappa shape index (κ3) is 1.48. The van der Waals surface area contributed by atoms with Gasteiger partial charge in [-0.2, -0.15) is 12.6 Å². The van der Waals surface area contributed by atoms with Gasteiger partial charge in [0.05, 0.1) is 7.11 Å². The molecule has 0 aliphatic carbocycles. The fourth-order valence-electron chi connectivity index (χ4n) is 1.02. The van der Waals surface area contributed by atoms with Gasteiger partial charge in [0, 0.05) is 18.5 Å². The van der Waals surface area contributed by atoms with E-state index in [9.17, 15) is 4.79 Å². The first kappa shape index (κ1) is 9.19. The minimum absolute atomic E-state index is 0.314. The highest BCUT2D eigenvalue weighted by atomic mass is 32.1. The van der Waals surface area contributed by atoms with Crippen molar-refractivity contribution in [2.45, 2.75) is 5.75 Å². The molecule has 4 heteroatoms. The van der Waals surface area contributed by atoms with Gasteiger partial charge >= 0.3 is 5.97 Å². The molecule has 12 heavy (non-hydrogen) atoms. The average Bonchev–Trinajstić information content (AvgIpc) is 2.45. The van der Waals surface area contributed by atoms with Crippen LogP contribution in [0.25, 0.3) is 0 Å². The zero-order chi connectivity index (χ0) is 9.14. The number of nitrogens with zero attached hydrogens (tertiary/aromatic N) is 1. The third-order valence-corrected chi connectivity index (χ3v) is 2.11. The number of hydrogen-bond donors (Lipinski definition) is 1. The van der Waals surface area contributed by atoms with Crippen LogP contribution in [0.15, 0.2) is 12.1 Å². The number of carbonyl (C=O) groups is 1. The normalized spacial score (nSPS) is 9.92. The Bertz CT molecular complexity index is 293. The summed E-state index contributed by atoms with van der Waals surface area (Å²) < 4.78 is 6.37. The molecule has 0 aliphatic heterocycles. The number of esters is 1. The first-order valence-corrected chi connectivity index (χ1v) is 4.17. The molecule has 0 saturated carbocycles. The van der Waals surface area contributed by atoms with Crippen molar-refractivity contribution < 1.29 is 9.53 Å². The van der Waals surface area contributed by atoms with Crippen LogP contribution in [0, 0.1) is 0 Å². The Labute approximate surface area is 76.7 Å². The van der Waals surface area contributed by atoms with Gasteiger partial charge in [0.15, 0.2) is 0 Å². The number of carbonyl (C=O) groups excluding carboxylic acids is 1. The SMILES string of the molecule is COC(=O)c1ccc(CS)n1C. The highest BCUT2D eigenvalue weighted by Crippen LogP contribution is 2.09. The van der Waals surface area contributed by atoms with Crippen molar-refractivity contribution in [2.24, 2.45) is 7.05 Å². The molecule has 0 unspecified atom stereocenters. The Hall–Kier alpha value is -0.900. The van der Waals surface area contributed by atoms with Crippen LogP contribution in [0.2, 0.25) is 0 Å². The highest BCUT2D eigenvalue weighted by Gasteiger charge is 2.10. The molecule has 66 valence electrons. The Morgan fingerprint density at radius 2 is 2.33 bits per heavy atom. The van der Waals surface area contributed by atoms with Gasteiger partial charge in [-0.15, -0.1) is 0 Å². The van der Waals surface area contributed by atoms with Crippen molar-refractivity contribution in [3.63, 3.8) is 0 Å². The molecule has 1 aromatic rings. The Balaban J connectivity index is 3.02. The summed E-state index contributed by atoms with van der Waals surface area (Å²) in [4.78, 5) is 11.1. The van der Waals surface area contributed by atoms with Gasteiger partial charge in [-0.25, -0.2) is 4.79 Å². The molecule has 0 spiro atoms. The summed E-state index contributed by atoms with van der Waals surface area (Å²) >= 11 is 4.12. The molecule has 0 bridgehead atoms. The molecule has 0 aromatic carbocycles. The predicted molar refractivity (Wildman–Crippen MR) is 49.4 cm³/mol. The first-order chi connectivity index (χ1) is 5.70. The highest BCUT2D eigenvalue weighted by molar-refractivity contribution is 7.79. The van der Waals surface area contributed by atoms with Crippen molar-refractivity contribution in [3.05, 3.63) is 23.5 Å². The molecule has 0 fully saturated rings. The maximum absolute atomic E-state index is 11.1. The van der Waals surface area contributed by atoms with Crippen LogP contribution < -0.4 is 0 Å². The lowest BCUT2D eigenvalue weighted by atomic mass is 10.4. The minimum Gasteiger partial charge on any atom is -0.464 e. The van der Waals surface area contributed by atoms with Gasteiger partial charge in [0.25, 0.3) is 0 Å². The number of aromatic nitrogens is 1. The monoisotopic (exact) mass is 185 g/mol. The predicted octanol–water partition coefficient (Wildman–Crippen LogP) is 1.24. The van der Waals surface area contributed by atoms with Gasteiger partial charge in [-0.05, 0) is 12.1 Å². The number of hydrogen-bond acceptors (Lipinski definition) is 3. The van der Waals surface area contributed by atoms with Crippen LogP contribution in [-0.2, 0) is 17.5 Å². The number of ether oxygens (including phenoxy) is 1. The van der Waals surface area contributed by atoms with Crippen molar-refractivity contribution in [3.8, 4) is 0 Å². The third-order valence-electron chi connectivity index (χ3n) is 1.78. The van der Waals surface area contributed by atoms with E-state index in [1.807, 2.05) is 13.1 Å². The van der Waals surface area contributed by atoms with Crippen LogP contribution in [-0.4, -0.2) is 17.6 Å². The number of methoxy groups -OCH3 is 1. The van der Waals surface area contributed by atoms with Crippen LogP contribution in [0.4, 0.5) is 0 Å². The average molecular weight is 185 g/mol. The molecule has 1 heterocycles. The van der Waals surface area contributed by atoms with E-state index in [4.69, 9.17) is 0 Å². The summed E-state index contributed by atoms with van der Waals surface area (Å²) in [5.41, 5.74) is 1.56. The Morgan fingerprint density at radius 1 is 1.67 bits per heavy atom. The van der Waals surface area contributed by atoms with Gasteiger partial charge in [0.2, 0.25) is 0 Å². The van der Waals surface area contributed by atoms with Crippen molar-refractivity contribution in [1.82, 2.24) is 4.57 Å². The van der Waals surface area contributed by atoms with Crippen molar-refractivity contribution in [2.75, 3.05) is 7.11 Å². The van der Waals surface area contributed by atoms with E-state index in [0.29, 0.717) is 11.4 Å². The molecular formula is C8H11NO2S. The fourth-order valence-corrected chi connectivity index (χ4v) is 1.34. The molecule has 0 N–H and O–H groups in total. The maximum Gasteiger partial charge on any atom is 0.354 e. The number of rotatable bonds is 2. The zero-order valence-corrected chi connectivity index (χ0v) is 7.97. The minimum atomic E-state index is -0.314. The largest absolute Gasteiger partial charge is 0.464 e. The Morgan fingerprint density at radius 3 is 2.75 bits per heavy atom. The van der Waals surface area contributed by atoms with E-state index in [0.717, 1.165) is 5.69 Å². The lowest BCUT2D eigenvalue weighted by Gasteiger charge is -2.03. The van der Waals surface area contributed by atoms with Gasteiger partial charge in [-0.1, -0.05) is 0 Å². The Kier molecular flexibility index (Phi) is 2.81. The molecule has 3 nitrogen and oxygen atoms in total. The van der Waals surface area contributed by atoms with E-state index in [1.54, 1.807) is 10.6 Å². The number of thiol groups is 1. The smallest absolute Gasteiger partial charge is 0.354 e. The van der Waals surface area contributed by atoms with Crippen LogP contribution in [0.1, 0.15) is 16.2 Å². The molecule has 1 rings (SSSR count). The van der Waals surface area contributed by atoms with Crippen LogP contribution in [0.5, 0.6) is 0 Å². The second-order valence-corrected chi connectivity index (χ2v) is 2.73. The van der Waals surface area contributed by atoms with E-state index < -0.39 is 0 Å². The molecule has 0 radical (unpaired) electrons. The molecule has 0 saturated heterocycles. The quantitative estimate of drug-likeness (QED) is 0.555. The molecule has 0 amide bonds. The zero-order valence-electron chi connectivity index (χ0n) is 7.07. The van der Waals surface area contributed by atoms with Crippen LogP contribution >= 0.6 is 12.6 Å². The molecule has 0 atom stereocenters. The molecule has 1 aromatic heterocycles. The topological polar surface area (TPSA) is 31.2 Å². The summed E-state index contributed by atoms with van der Waals surface area (Å²) in [5.74, 6) is 0.304. The lowest BCUT2D eigenvalue weighted by Crippen LogP contribution is -2.08. The first-order valence-electron chi connectivity index (χ1n) is 3.54. The summed E-state index contributed by atoms with van der Waals surface area (Å²) in [6.07, 6.45) is 0. The molecule has 0 aliphatic rings. The second-order valence-electron chi connectivity index (χ2n) is 2.42. The standard InChI is InChI=1S/C8H11NO2S/c1-9-6(5-12)3-4-7(9)8(10)11-2/h3-4,12H,5H2,1-2H3. The van der Waals surface area contributed by atoms with Crippen molar-refractivity contribution >= 4 is 18.6 Å². The summed E-state index contributed by atoms with van der Waals surface area (Å²) in [7, 11) is 3.19. The van der Waals surface area contributed by atoms with E-state index in [1.165, 1.54) is 7.11 Å².